The molecule has 1 saturated heterocycles. The summed E-state index contributed by atoms with van der Waals surface area (Å²) in [6.07, 6.45) is 2.29. The number of hydrogen-bond acceptors (Lipinski definition) is 3. The molecular weight excluding hydrogens is 428 g/mol. The fourth-order valence-corrected chi connectivity index (χ4v) is 4.58. The molecule has 0 unspecified atom stereocenters. The van der Waals surface area contributed by atoms with Crippen molar-refractivity contribution in [3.8, 4) is 11.3 Å². The minimum atomic E-state index is -0.521. The quantitative estimate of drug-likeness (QED) is 0.499. The van der Waals surface area contributed by atoms with E-state index in [0.717, 1.165) is 30.6 Å². The third kappa shape index (κ3) is 4.63. The van der Waals surface area contributed by atoms with Gasteiger partial charge in [-0.2, -0.15) is 0 Å². The minimum absolute atomic E-state index is 0.0512. The normalized spacial score (nSPS) is 14.7. The maximum absolute atomic E-state index is 13.8. The van der Waals surface area contributed by atoms with Gasteiger partial charge in [-0.05, 0) is 54.8 Å². The number of nitrogens with zero attached hydrogens (tertiary/aromatic N) is 3. The van der Waals surface area contributed by atoms with Crippen LogP contribution in [-0.4, -0.2) is 28.5 Å². The van der Waals surface area contributed by atoms with Crippen LogP contribution in [0.15, 0.2) is 52.8 Å². The summed E-state index contributed by atoms with van der Waals surface area (Å²) in [5, 5.41) is 2.01. The zero-order valence-corrected chi connectivity index (χ0v) is 17.7. The summed E-state index contributed by atoms with van der Waals surface area (Å²) in [6.45, 7) is 2.12. The van der Waals surface area contributed by atoms with Crippen molar-refractivity contribution in [2.45, 2.75) is 25.8 Å². The molecule has 0 radical (unpaired) electrons. The molecule has 3 aromatic rings. The Kier molecular flexibility index (Phi) is 6.29. The second kappa shape index (κ2) is 9.10. The SMILES string of the molecule is O=C1CCCN1CCCn1c(-c2ccc(F)cc2)csc1=Nc1ccc(Cl)c(F)c1. The van der Waals surface area contributed by atoms with Gasteiger partial charge in [0.15, 0.2) is 4.80 Å². The highest BCUT2D eigenvalue weighted by Gasteiger charge is 2.19. The lowest BCUT2D eigenvalue weighted by atomic mass is 10.1. The molecule has 1 aromatic heterocycles. The fourth-order valence-electron chi connectivity index (χ4n) is 3.51. The maximum Gasteiger partial charge on any atom is 0.222 e. The lowest BCUT2D eigenvalue weighted by Crippen LogP contribution is -2.27. The molecule has 4 rings (SSSR count). The van der Waals surface area contributed by atoms with Crippen LogP contribution in [0.5, 0.6) is 0 Å². The Bertz CT molecular complexity index is 1120. The molecule has 2 aromatic carbocycles. The number of carbonyl (C=O) groups excluding carboxylic acids is 1. The van der Waals surface area contributed by atoms with Crippen molar-refractivity contribution in [3.63, 3.8) is 0 Å². The van der Waals surface area contributed by atoms with E-state index in [4.69, 9.17) is 11.6 Å². The molecule has 2 heterocycles. The van der Waals surface area contributed by atoms with Crippen molar-refractivity contribution >= 4 is 34.5 Å². The monoisotopic (exact) mass is 447 g/mol. The number of amides is 1. The highest BCUT2D eigenvalue weighted by atomic mass is 35.5. The highest BCUT2D eigenvalue weighted by molar-refractivity contribution is 7.07. The number of rotatable bonds is 6. The minimum Gasteiger partial charge on any atom is -0.343 e. The zero-order valence-electron chi connectivity index (χ0n) is 16.2. The smallest absolute Gasteiger partial charge is 0.222 e. The van der Waals surface area contributed by atoms with E-state index < -0.39 is 5.82 Å². The summed E-state index contributed by atoms with van der Waals surface area (Å²) in [5.41, 5.74) is 2.24. The van der Waals surface area contributed by atoms with Gasteiger partial charge in [-0.1, -0.05) is 11.6 Å². The first kappa shape index (κ1) is 20.8. The molecule has 0 N–H and O–H groups in total. The van der Waals surface area contributed by atoms with Crippen LogP contribution in [0.25, 0.3) is 11.3 Å². The molecule has 0 saturated carbocycles. The van der Waals surface area contributed by atoms with E-state index in [-0.39, 0.29) is 16.7 Å². The Labute approximate surface area is 182 Å². The van der Waals surface area contributed by atoms with Crippen LogP contribution in [0.1, 0.15) is 19.3 Å². The van der Waals surface area contributed by atoms with E-state index in [1.807, 2.05) is 14.8 Å². The summed E-state index contributed by atoms with van der Waals surface area (Å²) in [6, 6.07) is 10.7. The Morgan fingerprint density at radius 3 is 2.60 bits per heavy atom. The number of benzene rings is 2. The van der Waals surface area contributed by atoms with Gasteiger partial charge in [-0.25, -0.2) is 13.8 Å². The van der Waals surface area contributed by atoms with Crippen molar-refractivity contribution in [1.82, 2.24) is 9.47 Å². The van der Waals surface area contributed by atoms with Crippen LogP contribution in [0.2, 0.25) is 5.02 Å². The van der Waals surface area contributed by atoms with Crippen molar-refractivity contribution < 1.29 is 13.6 Å². The van der Waals surface area contributed by atoms with Crippen molar-refractivity contribution in [2.24, 2.45) is 4.99 Å². The van der Waals surface area contributed by atoms with Gasteiger partial charge >= 0.3 is 0 Å². The van der Waals surface area contributed by atoms with E-state index in [0.29, 0.717) is 30.0 Å². The molecule has 30 heavy (non-hydrogen) atoms. The molecule has 4 nitrogen and oxygen atoms in total. The first-order valence-electron chi connectivity index (χ1n) is 9.73. The number of thiazole rings is 1. The van der Waals surface area contributed by atoms with Gasteiger partial charge in [-0.15, -0.1) is 11.3 Å². The third-order valence-electron chi connectivity index (χ3n) is 5.05. The molecule has 0 aliphatic carbocycles. The molecule has 8 heteroatoms. The molecule has 1 aliphatic heterocycles. The Balaban J connectivity index is 1.66. The molecule has 0 spiro atoms. The van der Waals surface area contributed by atoms with Gasteiger partial charge < -0.3 is 9.47 Å². The molecule has 0 atom stereocenters. The third-order valence-corrected chi connectivity index (χ3v) is 6.22. The summed E-state index contributed by atoms with van der Waals surface area (Å²) in [4.78, 5) is 19.1. The fraction of sp³-hybridized carbons (Fsp3) is 0.273. The number of likely N-dealkylation sites (tertiary alicyclic amines) is 1. The van der Waals surface area contributed by atoms with Crippen molar-refractivity contribution in [3.05, 3.63) is 69.3 Å². The predicted octanol–water partition coefficient (Wildman–Crippen LogP) is 5.39. The van der Waals surface area contributed by atoms with Gasteiger partial charge in [0.1, 0.15) is 11.6 Å². The summed E-state index contributed by atoms with van der Waals surface area (Å²) in [5.74, 6) is -0.618. The summed E-state index contributed by atoms with van der Waals surface area (Å²) >= 11 is 7.20. The van der Waals surface area contributed by atoms with Crippen LogP contribution in [0.4, 0.5) is 14.5 Å². The Morgan fingerprint density at radius 2 is 1.90 bits per heavy atom. The van der Waals surface area contributed by atoms with Gasteiger partial charge in [0.2, 0.25) is 5.91 Å². The molecule has 1 fully saturated rings. The lowest BCUT2D eigenvalue weighted by Gasteiger charge is -2.16. The van der Waals surface area contributed by atoms with Gasteiger partial charge in [0.25, 0.3) is 0 Å². The average molecular weight is 448 g/mol. The van der Waals surface area contributed by atoms with Crippen LogP contribution in [-0.2, 0) is 11.3 Å². The maximum atomic E-state index is 13.8. The molecular formula is C22H20ClF2N3OS. The average Bonchev–Trinajstić information content (AvgIpc) is 3.32. The predicted molar refractivity (Wildman–Crippen MR) is 115 cm³/mol. The summed E-state index contributed by atoms with van der Waals surface area (Å²) < 4.78 is 29.2. The highest BCUT2D eigenvalue weighted by Crippen LogP contribution is 2.23. The van der Waals surface area contributed by atoms with Gasteiger partial charge in [-0.3, -0.25) is 4.79 Å². The molecule has 156 valence electrons. The summed E-state index contributed by atoms with van der Waals surface area (Å²) in [7, 11) is 0. The van der Waals surface area contributed by atoms with E-state index in [9.17, 15) is 13.6 Å². The number of hydrogen-bond donors (Lipinski definition) is 0. The Morgan fingerprint density at radius 1 is 1.10 bits per heavy atom. The van der Waals surface area contributed by atoms with Crippen LogP contribution < -0.4 is 4.80 Å². The standard InChI is InChI=1S/C22H20ClF2N3OS/c23-18-9-8-17(13-19(18)25)26-22-28(12-2-11-27-10-1-3-21(27)29)20(14-30-22)15-4-6-16(24)7-5-15/h4-9,13-14H,1-3,10-12H2. The largest absolute Gasteiger partial charge is 0.343 e. The first-order valence-corrected chi connectivity index (χ1v) is 11.0. The number of aromatic nitrogens is 1. The number of carbonyl (C=O) groups is 1. The molecule has 1 amide bonds. The molecule has 0 bridgehead atoms. The first-order chi connectivity index (χ1) is 14.5. The van der Waals surface area contributed by atoms with Crippen LogP contribution in [0, 0.1) is 11.6 Å². The second-order valence-electron chi connectivity index (χ2n) is 7.11. The molecule has 1 aliphatic rings. The van der Waals surface area contributed by atoms with Crippen LogP contribution in [0.3, 0.4) is 0 Å². The Hall–Kier alpha value is -2.51. The second-order valence-corrected chi connectivity index (χ2v) is 8.35. The van der Waals surface area contributed by atoms with Crippen LogP contribution >= 0.6 is 22.9 Å². The lowest BCUT2D eigenvalue weighted by molar-refractivity contribution is -0.127. The van der Waals surface area contributed by atoms with Crippen molar-refractivity contribution in [1.29, 1.82) is 0 Å². The zero-order chi connectivity index (χ0) is 21.1. The topological polar surface area (TPSA) is 37.6 Å². The van der Waals surface area contributed by atoms with E-state index in [2.05, 4.69) is 4.99 Å². The van der Waals surface area contributed by atoms with Gasteiger partial charge in [0, 0.05) is 37.5 Å². The van der Waals surface area contributed by atoms with Gasteiger partial charge in [0.05, 0.1) is 16.4 Å². The van der Waals surface area contributed by atoms with E-state index >= 15 is 0 Å². The van der Waals surface area contributed by atoms with E-state index in [1.54, 1.807) is 18.2 Å². The van der Waals surface area contributed by atoms with E-state index in [1.165, 1.54) is 35.6 Å². The van der Waals surface area contributed by atoms with Crippen molar-refractivity contribution in [2.75, 3.05) is 13.1 Å². The number of halogens is 3.